The van der Waals surface area contributed by atoms with Crippen LogP contribution in [0.5, 0.6) is 5.75 Å². The summed E-state index contributed by atoms with van der Waals surface area (Å²) < 4.78 is 5.37. The molecule has 0 aromatic heterocycles. The van der Waals surface area contributed by atoms with E-state index in [0.717, 1.165) is 19.3 Å². The lowest BCUT2D eigenvalue weighted by Gasteiger charge is -2.45. The zero-order chi connectivity index (χ0) is 19.5. The summed E-state index contributed by atoms with van der Waals surface area (Å²) in [6.45, 7) is 0.901. The van der Waals surface area contributed by atoms with Crippen molar-refractivity contribution in [1.82, 2.24) is 15.1 Å². The molecule has 4 rings (SSSR count). The first kappa shape index (κ1) is 18.8. The molecule has 0 unspecified atom stereocenters. The molecule has 1 aliphatic carbocycles. The van der Waals surface area contributed by atoms with Crippen LogP contribution in [0, 0.1) is 5.92 Å². The molecule has 0 radical (unpaired) electrons. The second-order valence-electron chi connectivity index (χ2n) is 7.98. The molecule has 2 heterocycles. The number of rotatable bonds is 3. The van der Waals surface area contributed by atoms with Crippen LogP contribution in [0.15, 0.2) is 30.3 Å². The van der Waals surface area contributed by atoms with Crippen molar-refractivity contribution in [3.8, 4) is 5.75 Å². The first-order valence-electron chi connectivity index (χ1n) is 10.2. The van der Waals surface area contributed by atoms with Crippen LogP contribution in [0.25, 0.3) is 0 Å². The largest absolute Gasteiger partial charge is 0.415 e. The van der Waals surface area contributed by atoms with Crippen molar-refractivity contribution < 1.29 is 19.1 Å². The number of fused-ring (bicyclic) bond motifs is 1. The monoisotopic (exact) mass is 385 g/mol. The van der Waals surface area contributed by atoms with E-state index >= 15 is 0 Å². The van der Waals surface area contributed by atoms with E-state index in [0.29, 0.717) is 24.8 Å². The van der Waals surface area contributed by atoms with Crippen molar-refractivity contribution in [3.05, 3.63) is 30.3 Å². The van der Waals surface area contributed by atoms with Gasteiger partial charge in [0.05, 0.1) is 6.54 Å². The summed E-state index contributed by atoms with van der Waals surface area (Å²) in [5.74, 6) is 0.803. The minimum Gasteiger partial charge on any atom is -0.410 e. The summed E-state index contributed by atoms with van der Waals surface area (Å²) in [7, 11) is 0. The SMILES string of the molecule is O=C1N[C@@H](CC2CCCCC2)C(=O)N2CCN(C(=O)Oc3ccccc3)C[C@H]12. The second kappa shape index (κ2) is 8.20. The first-order valence-corrected chi connectivity index (χ1v) is 10.2. The Morgan fingerprint density at radius 2 is 1.82 bits per heavy atom. The summed E-state index contributed by atoms with van der Waals surface area (Å²) in [5.41, 5.74) is 0. The van der Waals surface area contributed by atoms with Crippen LogP contribution in [0.1, 0.15) is 38.5 Å². The Morgan fingerprint density at radius 3 is 2.57 bits per heavy atom. The fourth-order valence-corrected chi connectivity index (χ4v) is 4.54. The molecule has 0 spiro atoms. The maximum atomic E-state index is 12.9. The highest BCUT2D eigenvalue weighted by Gasteiger charge is 2.45. The van der Waals surface area contributed by atoms with Crippen LogP contribution in [-0.2, 0) is 9.59 Å². The van der Waals surface area contributed by atoms with Gasteiger partial charge in [0.2, 0.25) is 11.8 Å². The van der Waals surface area contributed by atoms with Gasteiger partial charge < -0.3 is 19.9 Å². The van der Waals surface area contributed by atoms with Crippen LogP contribution in [-0.4, -0.2) is 59.4 Å². The highest BCUT2D eigenvalue weighted by Crippen LogP contribution is 2.29. The van der Waals surface area contributed by atoms with Crippen LogP contribution in [0.4, 0.5) is 4.79 Å². The normalized spacial score (nSPS) is 25.9. The van der Waals surface area contributed by atoms with Gasteiger partial charge in [-0.25, -0.2) is 4.79 Å². The molecule has 1 aromatic rings. The van der Waals surface area contributed by atoms with Crippen molar-refractivity contribution >= 4 is 17.9 Å². The van der Waals surface area contributed by atoms with Gasteiger partial charge in [-0.3, -0.25) is 9.59 Å². The van der Waals surface area contributed by atoms with Gasteiger partial charge in [-0.05, 0) is 24.5 Å². The summed E-state index contributed by atoms with van der Waals surface area (Å²) in [4.78, 5) is 41.2. The number of benzene rings is 1. The van der Waals surface area contributed by atoms with Gasteiger partial charge in [0, 0.05) is 13.1 Å². The third kappa shape index (κ3) is 3.98. The second-order valence-corrected chi connectivity index (χ2v) is 7.98. The van der Waals surface area contributed by atoms with Gasteiger partial charge in [-0.1, -0.05) is 50.3 Å². The van der Waals surface area contributed by atoms with Crippen LogP contribution in [0.2, 0.25) is 0 Å². The maximum Gasteiger partial charge on any atom is 0.415 e. The molecule has 3 aliphatic rings. The number of hydrogen-bond acceptors (Lipinski definition) is 4. The van der Waals surface area contributed by atoms with E-state index < -0.39 is 18.2 Å². The molecule has 28 heavy (non-hydrogen) atoms. The molecule has 7 nitrogen and oxygen atoms in total. The minimum atomic E-state index is -0.632. The molecule has 2 aliphatic heterocycles. The zero-order valence-electron chi connectivity index (χ0n) is 16.0. The zero-order valence-corrected chi connectivity index (χ0v) is 16.0. The van der Waals surface area contributed by atoms with Crippen molar-refractivity contribution in [2.24, 2.45) is 5.92 Å². The van der Waals surface area contributed by atoms with Gasteiger partial charge in [-0.2, -0.15) is 0 Å². The third-order valence-corrected chi connectivity index (χ3v) is 6.08. The number of ether oxygens (including phenoxy) is 1. The van der Waals surface area contributed by atoms with Gasteiger partial charge in [-0.15, -0.1) is 0 Å². The highest BCUT2D eigenvalue weighted by atomic mass is 16.6. The van der Waals surface area contributed by atoms with E-state index in [1.807, 2.05) is 6.07 Å². The summed E-state index contributed by atoms with van der Waals surface area (Å²) in [5, 5.41) is 2.91. The molecule has 1 aromatic carbocycles. The molecule has 0 bridgehead atoms. The van der Waals surface area contributed by atoms with Gasteiger partial charge in [0.1, 0.15) is 17.8 Å². The summed E-state index contributed by atoms with van der Waals surface area (Å²) in [6.07, 6.45) is 6.22. The number of piperazine rings is 2. The Morgan fingerprint density at radius 1 is 1.07 bits per heavy atom. The van der Waals surface area contributed by atoms with Crippen molar-refractivity contribution in [1.29, 1.82) is 0 Å². The van der Waals surface area contributed by atoms with E-state index in [2.05, 4.69) is 5.32 Å². The molecule has 3 fully saturated rings. The lowest BCUT2D eigenvalue weighted by atomic mass is 9.84. The maximum absolute atomic E-state index is 12.9. The fraction of sp³-hybridized carbons (Fsp3) is 0.571. The lowest BCUT2D eigenvalue weighted by molar-refractivity contribution is -0.152. The molecule has 3 amide bonds. The van der Waals surface area contributed by atoms with E-state index in [1.165, 1.54) is 24.2 Å². The van der Waals surface area contributed by atoms with Gasteiger partial charge >= 0.3 is 6.09 Å². The minimum absolute atomic E-state index is 0.00810. The topological polar surface area (TPSA) is 79.0 Å². The molecule has 2 atom stereocenters. The van der Waals surface area contributed by atoms with Crippen LogP contribution < -0.4 is 10.1 Å². The third-order valence-electron chi connectivity index (χ3n) is 6.08. The Labute approximate surface area is 165 Å². The van der Waals surface area contributed by atoms with Gasteiger partial charge in [0.25, 0.3) is 0 Å². The van der Waals surface area contributed by atoms with E-state index in [4.69, 9.17) is 4.74 Å². The average molecular weight is 385 g/mol. The number of nitrogens with one attached hydrogen (secondary N) is 1. The van der Waals surface area contributed by atoms with Crippen molar-refractivity contribution in [2.75, 3.05) is 19.6 Å². The quantitative estimate of drug-likeness (QED) is 0.865. The molecule has 1 N–H and O–H groups in total. The smallest absolute Gasteiger partial charge is 0.410 e. The Bertz CT molecular complexity index is 732. The number of nitrogens with zero attached hydrogens (tertiary/aromatic N) is 2. The van der Waals surface area contributed by atoms with Crippen molar-refractivity contribution in [3.63, 3.8) is 0 Å². The molecular weight excluding hydrogens is 358 g/mol. The standard InChI is InChI=1S/C21H27N3O4/c25-19-18-14-23(21(27)28-16-9-5-2-6-10-16)11-12-24(18)20(26)17(22-19)13-15-7-3-1-4-8-15/h2,5-6,9-10,15,17-18H,1,3-4,7-8,11-14H2,(H,22,25)/t17-,18+/m0/s1. The number of carbonyl (C=O) groups excluding carboxylic acids is 3. The summed E-state index contributed by atoms with van der Waals surface area (Å²) >= 11 is 0. The summed E-state index contributed by atoms with van der Waals surface area (Å²) in [6, 6.07) is 7.79. The molecule has 2 saturated heterocycles. The predicted octanol–water partition coefficient (Wildman–Crippen LogP) is 2.17. The Kier molecular flexibility index (Phi) is 5.50. The number of carbonyl (C=O) groups is 3. The Balaban J connectivity index is 1.36. The van der Waals surface area contributed by atoms with Crippen LogP contribution >= 0.6 is 0 Å². The molecule has 1 saturated carbocycles. The van der Waals surface area contributed by atoms with E-state index in [-0.39, 0.29) is 18.4 Å². The molecule has 150 valence electrons. The lowest BCUT2D eigenvalue weighted by Crippen LogP contribution is -2.70. The van der Waals surface area contributed by atoms with Crippen LogP contribution in [0.3, 0.4) is 0 Å². The fourth-order valence-electron chi connectivity index (χ4n) is 4.54. The predicted molar refractivity (Wildman–Crippen MR) is 103 cm³/mol. The van der Waals surface area contributed by atoms with E-state index in [1.54, 1.807) is 29.2 Å². The number of hydrogen-bond donors (Lipinski definition) is 1. The molecule has 7 heteroatoms. The van der Waals surface area contributed by atoms with Crippen molar-refractivity contribution in [2.45, 2.75) is 50.6 Å². The number of amides is 3. The highest BCUT2D eigenvalue weighted by molar-refractivity contribution is 5.97. The molecular formula is C21H27N3O4. The Hall–Kier alpha value is -2.57. The van der Waals surface area contributed by atoms with Gasteiger partial charge in [0.15, 0.2) is 0 Å². The first-order chi connectivity index (χ1) is 13.6. The average Bonchev–Trinajstić information content (AvgIpc) is 2.73. The number of para-hydroxylation sites is 1. The van der Waals surface area contributed by atoms with E-state index in [9.17, 15) is 14.4 Å².